The standard InChI is InChI=1S/C24H27N6O7.C22H25N6O7.CH4.2Y/c1-14-3-2-4-17(21(14)34)18(8-20(32)33)30-19(31)11-26-22(35)15-7-16(10-25-9-15)29-23-27-12-24(13-28-23)36-5-6-37-24;1-12-3-2-4-15(19(12)32)16(6-18(30)31)28-17(29)9-24-20(33)13-5-14(8-23-7-13)27-21-25-10-22(34,35)11-26-21;;;/h3-4,7,9-10,18,34H,5-6,8,11-13H2,1H3,(H,26,35)(H,30,31)(H,32,33)(H2,27,28,29);3-5,7-8,16,32,34-35H,6,9-11H2,1H3,(H,24,33)(H,28,29)(H,30,31)(H2,25,26,27);1H4;;/q2*-1;;;. The minimum atomic E-state index is -1.94. The van der Waals surface area contributed by atoms with Gasteiger partial charge in [-0.1, -0.05) is 32.4 Å². The van der Waals surface area contributed by atoms with E-state index in [1.165, 1.54) is 49.1 Å². The number of anilines is 2. The Kier molecular flexibility index (Phi) is 24.5. The number of aryl methyl sites for hydroxylation is 2. The quantitative estimate of drug-likeness (QED) is 0.0506. The van der Waals surface area contributed by atoms with E-state index >= 15 is 0 Å². The minimum Gasteiger partial charge on any atom is -0.533 e. The molecule has 1 spiro atoms. The number of aliphatic carboxylic acids is 2. The van der Waals surface area contributed by atoms with Gasteiger partial charge in [0.05, 0.1) is 100 Å². The second-order valence-corrected chi connectivity index (χ2v) is 16.5. The van der Waals surface area contributed by atoms with Gasteiger partial charge in [-0.05, 0) is 12.1 Å². The number of carboxylic acid groups (broad SMARTS) is 2. The zero-order valence-corrected chi connectivity index (χ0v) is 45.6. The molecule has 4 aromatic rings. The Morgan fingerprint density at radius 1 is 0.667 bits per heavy atom. The molecule has 0 saturated carbocycles. The summed E-state index contributed by atoms with van der Waals surface area (Å²) < 4.78 is 11.2. The van der Waals surface area contributed by atoms with E-state index in [1.54, 1.807) is 26.0 Å². The summed E-state index contributed by atoms with van der Waals surface area (Å²) in [6.07, 6.45) is 4.64. The van der Waals surface area contributed by atoms with Gasteiger partial charge in [-0.2, -0.15) is 36.4 Å². The van der Waals surface area contributed by atoms with E-state index in [4.69, 9.17) is 9.47 Å². The van der Waals surface area contributed by atoms with Crippen LogP contribution in [-0.4, -0.2) is 152 Å². The fourth-order valence-electron chi connectivity index (χ4n) is 7.08. The first-order chi connectivity index (χ1) is 34.3. The molecule has 2 aromatic carbocycles. The Morgan fingerprint density at radius 2 is 1.09 bits per heavy atom. The second kappa shape index (κ2) is 29.2. The van der Waals surface area contributed by atoms with Gasteiger partial charge in [-0.3, -0.25) is 38.7 Å². The maximum Gasteiger partial charge on any atom is 0.304 e. The van der Waals surface area contributed by atoms with Crippen molar-refractivity contribution in [1.82, 2.24) is 41.9 Å². The molecule has 14 N–H and O–H groups in total. The van der Waals surface area contributed by atoms with E-state index in [0.717, 1.165) is 0 Å². The van der Waals surface area contributed by atoms with Gasteiger partial charge in [0, 0.05) is 101 Å². The Balaban J connectivity index is 0.000000381. The van der Waals surface area contributed by atoms with E-state index in [9.17, 15) is 59.4 Å². The fourth-order valence-corrected chi connectivity index (χ4v) is 7.08. The predicted molar refractivity (Wildman–Crippen MR) is 259 cm³/mol. The number of pyridine rings is 2. The van der Waals surface area contributed by atoms with Crippen molar-refractivity contribution >= 4 is 58.9 Å². The van der Waals surface area contributed by atoms with Gasteiger partial charge < -0.3 is 82.6 Å². The van der Waals surface area contributed by atoms with Crippen LogP contribution in [0.1, 0.15) is 75.3 Å². The smallest absolute Gasteiger partial charge is 0.304 e. The van der Waals surface area contributed by atoms with Crippen LogP contribution in [0.2, 0.25) is 0 Å². The second-order valence-electron chi connectivity index (χ2n) is 16.5. The molecule has 0 bridgehead atoms. The molecular weight excluding hydrogens is 1130 g/mol. The third-order valence-electron chi connectivity index (χ3n) is 10.7. The number of hydrogen-bond acceptors (Lipinski definition) is 20. The molecule has 2 aromatic heterocycles. The van der Waals surface area contributed by atoms with E-state index < -0.39 is 85.2 Å². The third-order valence-corrected chi connectivity index (χ3v) is 10.7. The average Bonchev–Trinajstić information content (AvgIpc) is 3.80. The number of aromatic hydroxyl groups is 2. The Bertz CT molecular complexity index is 2740. The van der Waals surface area contributed by atoms with Crippen molar-refractivity contribution in [3.05, 3.63) is 107 Å². The zero-order chi connectivity index (χ0) is 52.0. The molecule has 26 nitrogen and oxygen atoms in total. The molecule has 0 aliphatic carbocycles. The predicted octanol–water partition coefficient (Wildman–Crippen LogP) is -0.287. The molecule has 7 rings (SSSR count). The third kappa shape index (κ3) is 18.8. The largest absolute Gasteiger partial charge is 0.533 e. The van der Waals surface area contributed by atoms with Gasteiger partial charge in [-0.15, -0.1) is 11.1 Å². The Morgan fingerprint density at radius 3 is 1.48 bits per heavy atom. The number of phenolic OH excluding ortho intramolecular Hbond substituents is 2. The molecule has 4 amide bonds. The number of aliphatic hydroxyl groups is 2. The van der Waals surface area contributed by atoms with Gasteiger partial charge in [0.2, 0.25) is 23.4 Å². The molecule has 5 heterocycles. The number of aromatic nitrogens is 2. The molecule has 28 heteroatoms. The maximum absolute atomic E-state index is 12.6. The van der Waals surface area contributed by atoms with Crippen LogP contribution < -0.4 is 42.5 Å². The van der Waals surface area contributed by atoms with Crippen LogP contribution in [0.5, 0.6) is 11.5 Å². The summed E-state index contributed by atoms with van der Waals surface area (Å²) >= 11 is 0. The summed E-state index contributed by atoms with van der Waals surface area (Å²) in [6, 6.07) is 12.4. The summed E-state index contributed by atoms with van der Waals surface area (Å²) in [5, 5.41) is 79.6. The summed E-state index contributed by atoms with van der Waals surface area (Å²) in [4.78, 5) is 88.9. The number of hydrogen-bond donors (Lipinski definition) is 14. The van der Waals surface area contributed by atoms with Crippen molar-refractivity contribution in [3.63, 3.8) is 0 Å². The fraction of sp³-hybridized carbons (Fsp3) is 0.362. The van der Waals surface area contributed by atoms with Crippen LogP contribution in [0, 0.1) is 26.0 Å². The maximum atomic E-state index is 12.6. The molecule has 3 aliphatic rings. The first kappa shape index (κ1) is 63.0. The summed E-state index contributed by atoms with van der Waals surface area (Å²) in [7, 11) is 0. The summed E-state index contributed by atoms with van der Waals surface area (Å²) in [5.41, 5.74) is 2.61. The molecule has 1 saturated heterocycles. The number of carbonyl (C=O) groups is 6. The van der Waals surface area contributed by atoms with Crippen LogP contribution in [0.3, 0.4) is 0 Å². The van der Waals surface area contributed by atoms with Crippen molar-refractivity contribution in [2.45, 2.75) is 57.8 Å². The van der Waals surface area contributed by atoms with Crippen LogP contribution in [0.4, 0.5) is 11.4 Å². The molecule has 2 atom stereocenters. The summed E-state index contributed by atoms with van der Waals surface area (Å²) in [6.45, 7) is 3.81. The number of nitrogens with one attached hydrogen (secondary N) is 8. The van der Waals surface area contributed by atoms with Crippen LogP contribution in [0.15, 0.2) is 71.2 Å². The number of benzene rings is 2. The van der Waals surface area contributed by atoms with E-state index in [0.29, 0.717) is 54.8 Å². The Labute approximate surface area is 480 Å². The molecule has 3 aliphatic heterocycles. The minimum absolute atomic E-state index is 0. The number of amides is 4. The number of ether oxygens (including phenoxy) is 2. The van der Waals surface area contributed by atoms with Crippen LogP contribution in [-0.2, 0) is 94.1 Å². The number of rotatable bonds is 16. The van der Waals surface area contributed by atoms with E-state index in [-0.39, 0.29) is 126 Å². The van der Waals surface area contributed by atoms with Gasteiger partial charge in [0.25, 0.3) is 11.8 Å². The molecule has 75 heavy (non-hydrogen) atoms. The summed E-state index contributed by atoms with van der Waals surface area (Å²) in [5.74, 6) is -7.02. The average molecular weight is 1190 g/mol. The number of β-amino-alcohol motifs (C(OH)–C–C–N with tert-alkyl or cyclic N) is 2. The number of aliphatic imine (C=N–C) groups is 2. The Hall–Kier alpha value is -6.25. The van der Waals surface area contributed by atoms with Crippen molar-refractivity contribution in [3.8, 4) is 11.5 Å². The van der Waals surface area contributed by atoms with Gasteiger partial charge >= 0.3 is 11.9 Å². The number of nitrogens with zero attached hydrogens (tertiary/aromatic N) is 4. The van der Waals surface area contributed by atoms with Gasteiger partial charge in [0.1, 0.15) is 0 Å². The van der Waals surface area contributed by atoms with Gasteiger partial charge in [0.15, 0.2) is 11.9 Å². The molecular formula is C47H56N12O14Y2-2. The van der Waals surface area contributed by atoms with Crippen molar-refractivity contribution in [2.75, 3.05) is 63.1 Å². The first-order valence-electron chi connectivity index (χ1n) is 22.0. The zero-order valence-electron chi connectivity index (χ0n) is 39.9. The van der Waals surface area contributed by atoms with Crippen LogP contribution in [0.25, 0.3) is 0 Å². The first-order valence-corrected chi connectivity index (χ1v) is 22.0. The number of guanidine groups is 2. The monoisotopic (exact) mass is 1190 g/mol. The number of carboxylic acids is 2. The molecule has 396 valence electrons. The topological polar surface area (TPSA) is 389 Å². The number of carbonyl (C=O) groups excluding carboxylic acids is 4. The van der Waals surface area contributed by atoms with Crippen molar-refractivity contribution in [1.29, 1.82) is 0 Å². The van der Waals surface area contributed by atoms with Crippen LogP contribution >= 0.6 is 0 Å². The normalized spacial score (nSPS) is 15.4. The van der Waals surface area contributed by atoms with E-state index in [1.807, 2.05) is 0 Å². The molecule has 1 fully saturated rings. The van der Waals surface area contributed by atoms with Gasteiger partial charge in [-0.25, -0.2) is 9.98 Å². The van der Waals surface area contributed by atoms with E-state index in [2.05, 4.69) is 74.6 Å². The van der Waals surface area contributed by atoms with Crippen molar-refractivity contribution < 1.29 is 134 Å². The van der Waals surface area contributed by atoms with Crippen molar-refractivity contribution in [2.24, 2.45) is 9.98 Å². The molecule has 2 unspecified atom stereocenters. The molecule has 2 radical (unpaired) electrons. The SMILES string of the molecule is C.Cc1c[c-]cc(C(CC(=O)O)NC(=O)CNC(=O)c2cncc(NC3=NCC(O)(O)CN3)c2)c1O.Cc1c[c-]cc(C(CC(=O)O)NC(=O)CNC(=O)c2cncc(NC3=NCC4(CN3)OCCO4)c2)c1O.[Y].[Y]. The number of phenols is 2.